The van der Waals surface area contributed by atoms with Crippen molar-refractivity contribution in [3.63, 3.8) is 0 Å². The van der Waals surface area contributed by atoms with Gasteiger partial charge in [-0.15, -0.1) is 0 Å². The zero-order chi connectivity index (χ0) is 10.1. The smallest absolute Gasteiger partial charge is 0.0320 e. The Bertz CT molecular complexity index is 189. The lowest BCUT2D eigenvalue weighted by atomic mass is 10.2. The highest BCUT2D eigenvalue weighted by molar-refractivity contribution is 5.19. The summed E-state index contributed by atoms with van der Waals surface area (Å²) in [6.45, 7) is 9.05. The van der Waals surface area contributed by atoms with Crippen molar-refractivity contribution in [3.05, 3.63) is 36.6 Å². The second-order valence-corrected chi connectivity index (χ2v) is 3.08. The molecule has 0 aromatic carbocycles. The minimum atomic E-state index is 1.12. The highest BCUT2D eigenvalue weighted by Gasteiger charge is 1.97. The van der Waals surface area contributed by atoms with E-state index in [-0.39, 0.29) is 0 Å². The Kier molecular flexibility index (Phi) is 7.08. The molecule has 1 nitrogen and oxygen atoms in total. The lowest BCUT2D eigenvalue weighted by Gasteiger charge is -2.19. The maximum absolute atomic E-state index is 3.66. The number of allylic oxidation sites excluding steroid dienone is 4. The molecule has 0 saturated carbocycles. The Morgan fingerprint density at radius 2 is 2.15 bits per heavy atom. The molecule has 0 aromatic heterocycles. The number of unbranched alkanes of at least 4 members (excludes halogenated alkanes) is 1. The molecular formula is C12H21N. The summed E-state index contributed by atoms with van der Waals surface area (Å²) in [4.78, 5) is 2.27. The van der Waals surface area contributed by atoms with E-state index >= 15 is 0 Å². The molecule has 0 saturated heterocycles. The molecule has 0 fully saturated rings. The molecule has 0 aliphatic rings. The average Bonchev–Trinajstić information content (AvgIpc) is 2.16. The first-order chi connectivity index (χ1) is 6.26. The molecule has 0 aliphatic heterocycles. The van der Waals surface area contributed by atoms with Crippen LogP contribution in [0, 0.1) is 0 Å². The van der Waals surface area contributed by atoms with Crippen molar-refractivity contribution in [1.29, 1.82) is 0 Å². The van der Waals surface area contributed by atoms with E-state index in [9.17, 15) is 0 Å². The van der Waals surface area contributed by atoms with Crippen molar-refractivity contribution in [1.82, 2.24) is 4.90 Å². The molecule has 0 amide bonds. The molecule has 0 unspecified atom stereocenters. The van der Waals surface area contributed by atoms with Crippen LogP contribution in [0.25, 0.3) is 0 Å². The van der Waals surface area contributed by atoms with Crippen LogP contribution in [0.5, 0.6) is 0 Å². The van der Waals surface area contributed by atoms with Gasteiger partial charge in [0.05, 0.1) is 0 Å². The standard InChI is InChI=1S/C12H21N/c1-5-8-10-12(7-3)13(4)11-9-6-2/h5,7-8,10H,1,6,9,11H2,2-4H3/b10-8-,12-7+. The maximum Gasteiger partial charge on any atom is 0.0320 e. The molecule has 0 heterocycles. The molecule has 0 bridgehead atoms. The Balaban J connectivity index is 4.08. The summed E-state index contributed by atoms with van der Waals surface area (Å²) in [5, 5.41) is 0. The van der Waals surface area contributed by atoms with E-state index in [1.165, 1.54) is 18.5 Å². The largest absolute Gasteiger partial charge is 0.375 e. The highest BCUT2D eigenvalue weighted by Crippen LogP contribution is 2.05. The van der Waals surface area contributed by atoms with E-state index in [0.717, 1.165) is 6.54 Å². The molecule has 1 heteroatoms. The molecule has 0 atom stereocenters. The molecule has 0 aliphatic carbocycles. The van der Waals surface area contributed by atoms with Crippen molar-refractivity contribution in [2.24, 2.45) is 0 Å². The minimum absolute atomic E-state index is 1.12. The number of nitrogens with zero attached hydrogens (tertiary/aromatic N) is 1. The topological polar surface area (TPSA) is 3.24 Å². The fourth-order valence-corrected chi connectivity index (χ4v) is 1.13. The molecule has 0 aromatic rings. The van der Waals surface area contributed by atoms with Gasteiger partial charge in [0.1, 0.15) is 0 Å². The van der Waals surface area contributed by atoms with Crippen molar-refractivity contribution >= 4 is 0 Å². The van der Waals surface area contributed by atoms with Crippen LogP contribution in [0.2, 0.25) is 0 Å². The van der Waals surface area contributed by atoms with Gasteiger partial charge in [0, 0.05) is 19.3 Å². The summed E-state index contributed by atoms with van der Waals surface area (Å²) in [5.41, 5.74) is 1.26. The summed E-state index contributed by atoms with van der Waals surface area (Å²) in [6, 6.07) is 0. The Labute approximate surface area is 82.4 Å². The van der Waals surface area contributed by atoms with E-state index < -0.39 is 0 Å². The number of hydrogen-bond donors (Lipinski definition) is 0. The fourth-order valence-electron chi connectivity index (χ4n) is 1.13. The summed E-state index contributed by atoms with van der Waals surface area (Å²) < 4.78 is 0. The third-order valence-electron chi connectivity index (χ3n) is 1.99. The lowest BCUT2D eigenvalue weighted by molar-refractivity contribution is 0.417. The van der Waals surface area contributed by atoms with Crippen molar-refractivity contribution in [3.8, 4) is 0 Å². The van der Waals surface area contributed by atoms with Crippen LogP contribution in [0.4, 0.5) is 0 Å². The van der Waals surface area contributed by atoms with Gasteiger partial charge >= 0.3 is 0 Å². The second kappa shape index (κ2) is 7.66. The van der Waals surface area contributed by atoms with Gasteiger partial charge in [0.2, 0.25) is 0 Å². The Morgan fingerprint density at radius 3 is 2.62 bits per heavy atom. The molecular weight excluding hydrogens is 158 g/mol. The molecule has 74 valence electrons. The van der Waals surface area contributed by atoms with Gasteiger partial charge in [0.25, 0.3) is 0 Å². The van der Waals surface area contributed by atoms with Gasteiger partial charge in [0.15, 0.2) is 0 Å². The quantitative estimate of drug-likeness (QED) is 0.565. The van der Waals surface area contributed by atoms with Crippen LogP contribution in [0.15, 0.2) is 36.6 Å². The van der Waals surface area contributed by atoms with Gasteiger partial charge in [-0.2, -0.15) is 0 Å². The van der Waals surface area contributed by atoms with E-state index in [1.54, 1.807) is 6.08 Å². The van der Waals surface area contributed by atoms with E-state index in [1.807, 2.05) is 6.08 Å². The maximum atomic E-state index is 3.66. The average molecular weight is 179 g/mol. The zero-order valence-corrected chi connectivity index (χ0v) is 9.09. The second-order valence-electron chi connectivity index (χ2n) is 3.08. The summed E-state index contributed by atoms with van der Waals surface area (Å²) >= 11 is 0. The van der Waals surface area contributed by atoms with E-state index in [0.29, 0.717) is 0 Å². The summed E-state index contributed by atoms with van der Waals surface area (Å²) in [7, 11) is 2.12. The van der Waals surface area contributed by atoms with Crippen molar-refractivity contribution < 1.29 is 0 Å². The lowest BCUT2D eigenvalue weighted by Crippen LogP contribution is -2.17. The summed E-state index contributed by atoms with van der Waals surface area (Å²) in [5.74, 6) is 0. The number of likely N-dealkylation sites (N-methyl/N-ethyl adjacent to an activating group) is 1. The first-order valence-electron chi connectivity index (χ1n) is 4.92. The third-order valence-corrected chi connectivity index (χ3v) is 1.99. The first kappa shape index (κ1) is 12.0. The molecule has 13 heavy (non-hydrogen) atoms. The summed E-state index contributed by atoms with van der Waals surface area (Å²) in [6.07, 6.45) is 10.5. The van der Waals surface area contributed by atoms with Crippen LogP contribution in [0.1, 0.15) is 26.7 Å². The fraction of sp³-hybridized carbons (Fsp3) is 0.500. The normalized spacial score (nSPS) is 12.1. The predicted molar refractivity (Wildman–Crippen MR) is 60.6 cm³/mol. The Morgan fingerprint density at radius 1 is 1.46 bits per heavy atom. The molecule has 0 spiro atoms. The molecule has 0 rings (SSSR count). The zero-order valence-electron chi connectivity index (χ0n) is 9.09. The third kappa shape index (κ3) is 5.29. The SMILES string of the molecule is C=C/C=C\C(=C/C)N(C)CCCC. The number of hydrogen-bond acceptors (Lipinski definition) is 1. The monoisotopic (exact) mass is 179 g/mol. The van der Waals surface area contributed by atoms with Crippen LogP contribution in [-0.4, -0.2) is 18.5 Å². The minimum Gasteiger partial charge on any atom is -0.375 e. The molecule has 0 radical (unpaired) electrons. The van der Waals surface area contributed by atoms with Crippen LogP contribution in [0.3, 0.4) is 0 Å². The van der Waals surface area contributed by atoms with Crippen molar-refractivity contribution in [2.45, 2.75) is 26.7 Å². The van der Waals surface area contributed by atoms with Gasteiger partial charge in [-0.1, -0.05) is 38.2 Å². The van der Waals surface area contributed by atoms with Crippen molar-refractivity contribution in [2.75, 3.05) is 13.6 Å². The van der Waals surface area contributed by atoms with Gasteiger partial charge in [-0.3, -0.25) is 0 Å². The Hall–Kier alpha value is -0.980. The highest BCUT2D eigenvalue weighted by atomic mass is 15.1. The van der Waals surface area contributed by atoms with Gasteiger partial charge in [-0.25, -0.2) is 0 Å². The first-order valence-corrected chi connectivity index (χ1v) is 4.92. The predicted octanol–water partition coefficient (Wildman–Crippen LogP) is 3.36. The van der Waals surface area contributed by atoms with E-state index in [4.69, 9.17) is 0 Å². The molecule has 0 N–H and O–H groups in total. The number of rotatable bonds is 6. The van der Waals surface area contributed by atoms with Crippen LogP contribution >= 0.6 is 0 Å². The van der Waals surface area contributed by atoms with Gasteiger partial charge < -0.3 is 4.90 Å². The van der Waals surface area contributed by atoms with Gasteiger partial charge in [-0.05, 0) is 19.4 Å². The van der Waals surface area contributed by atoms with Crippen LogP contribution < -0.4 is 0 Å². The van der Waals surface area contributed by atoms with Crippen LogP contribution in [-0.2, 0) is 0 Å². The van der Waals surface area contributed by atoms with E-state index in [2.05, 4.69) is 44.5 Å².